The Morgan fingerprint density at radius 3 is 2.94 bits per heavy atom. The van der Waals surface area contributed by atoms with Crippen molar-refractivity contribution < 1.29 is 9.53 Å². The highest BCUT2D eigenvalue weighted by Crippen LogP contribution is 2.25. The number of carbonyl (C=O) groups is 1. The zero-order valence-electron chi connectivity index (χ0n) is 8.93. The average molecular weight is 307 g/mol. The smallest absolute Gasteiger partial charge is 0.226 e. The molecule has 1 aromatic carbocycles. The SMILES string of the molecule is CCOCCC(=O)Nc1ccc(Cl)c(Br)c1. The lowest BCUT2D eigenvalue weighted by molar-refractivity contribution is -0.117. The summed E-state index contributed by atoms with van der Waals surface area (Å²) in [6.07, 6.45) is 0.355. The van der Waals surface area contributed by atoms with Crippen LogP contribution in [0.5, 0.6) is 0 Å². The van der Waals surface area contributed by atoms with Crippen molar-refractivity contribution >= 4 is 39.1 Å². The van der Waals surface area contributed by atoms with Crippen LogP contribution in [0.2, 0.25) is 5.02 Å². The predicted octanol–water partition coefficient (Wildman–Crippen LogP) is 3.47. The fraction of sp³-hybridized carbons (Fsp3) is 0.364. The Labute approximate surface area is 108 Å². The zero-order valence-corrected chi connectivity index (χ0v) is 11.3. The van der Waals surface area contributed by atoms with Crippen LogP contribution in [0.3, 0.4) is 0 Å². The van der Waals surface area contributed by atoms with E-state index in [1.165, 1.54) is 0 Å². The molecule has 1 rings (SSSR count). The number of ether oxygens (including phenoxy) is 1. The number of carbonyl (C=O) groups excluding carboxylic acids is 1. The van der Waals surface area contributed by atoms with Crippen molar-refractivity contribution in [3.63, 3.8) is 0 Å². The van der Waals surface area contributed by atoms with E-state index in [0.717, 1.165) is 10.2 Å². The van der Waals surface area contributed by atoms with Crippen LogP contribution in [0.25, 0.3) is 0 Å². The second kappa shape index (κ2) is 6.89. The number of halogens is 2. The predicted molar refractivity (Wildman–Crippen MR) is 68.9 cm³/mol. The van der Waals surface area contributed by atoms with Gasteiger partial charge in [0.2, 0.25) is 5.91 Å². The standard InChI is InChI=1S/C11H13BrClNO2/c1-2-16-6-5-11(15)14-8-3-4-10(13)9(12)7-8/h3-4,7H,2,5-6H2,1H3,(H,14,15). The molecule has 88 valence electrons. The number of hydrogen-bond donors (Lipinski definition) is 1. The number of amides is 1. The molecule has 5 heteroatoms. The lowest BCUT2D eigenvalue weighted by Gasteiger charge is -2.06. The van der Waals surface area contributed by atoms with E-state index < -0.39 is 0 Å². The molecule has 0 fully saturated rings. The summed E-state index contributed by atoms with van der Waals surface area (Å²) in [4.78, 5) is 11.4. The molecule has 1 amide bonds. The largest absolute Gasteiger partial charge is 0.381 e. The van der Waals surface area contributed by atoms with E-state index in [9.17, 15) is 4.79 Å². The third-order valence-corrected chi connectivity index (χ3v) is 3.09. The summed E-state index contributed by atoms with van der Waals surface area (Å²) in [5.41, 5.74) is 0.720. The van der Waals surface area contributed by atoms with Gasteiger partial charge in [-0.3, -0.25) is 4.79 Å². The molecular weight excluding hydrogens is 293 g/mol. The van der Waals surface area contributed by atoms with Gasteiger partial charge in [0.25, 0.3) is 0 Å². The topological polar surface area (TPSA) is 38.3 Å². The summed E-state index contributed by atoms with van der Waals surface area (Å²) < 4.78 is 5.85. The third-order valence-electron chi connectivity index (χ3n) is 1.88. The van der Waals surface area contributed by atoms with E-state index in [2.05, 4.69) is 21.2 Å². The molecule has 0 radical (unpaired) electrons. The summed E-state index contributed by atoms with van der Waals surface area (Å²) in [6, 6.07) is 5.25. The summed E-state index contributed by atoms with van der Waals surface area (Å²) in [7, 11) is 0. The van der Waals surface area contributed by atoms with Crippen LogP contribution in [0.4, 0.5) is 5.69 Å². The summed E-state index contributed by atoms with van der Waals surface area (Å²) in [5.74, 6) is -0.0670. The van der Waals surface area contributed by atoms with Gasteiger partial charge in [-0.2, -0.15) is 0 Å². The summed E-state index contributed by atoms with van der Waals surface area (Å²) in [5, 5.41) is 3.38. The van der Waals surface area contributed by atoms with Crippen LogP contribution in [0.15, 0.2) is 22.7 Å². The molecule has 0 saturated carbocycles. The molecule has 0 aliphatic carbocycles. The minimum Gasteiger partial charge on any atom is -0.381 e. The first kappa shape index (κ1) is 13.5. The Balaban J connectivity index is 2.46. The number of rotatable bonds is 5. The van der Waals surface area contributed by atoms with Crippen molar-refractivity contribution in [3.05, 3.63) is 27.7 Å². The molecule has 0 spiro atoms. The maximum absolute atomic E-state index is 11.4. The molecule has 0 aliphatic rings. The number of benzene rings is 1. The molecule has 0 heterocycles. The fourth-order valence-electron chi connectivity index (χ4n) is 1.11. The molecule has 16 heavy (non-hydrogen) atoms. The van der Waals surface area contributed by atoms with Gasteiger partial charge in [-0.1, -0.05) is 11.6 Å². The van der Waals surface area contributed by atoms with Gasteiger partial charge in [0, 0.05) is 16.8 Å². The molecule has 1 N–H and O–H groups in total. The van der Waals surface area contributed by atoms with Gasteiger partial charge in [0.1, 0.15) is 0 Å². The number of hydrogen-bond acceptors (Lipinski definition) is 2. The van der Waals surface area contributed by atoms with Crippen molar-refractivity contribution in [3.8, 4) is 0 Å². The molecular formula is C11H13BrClNO2. The van der Waals surface area contributed by atoms with Gasteiger partial charge >= 0.3 is 0 Å². The van der Waals surface area contributed by atoms with E-state index in [-0.39, 0.29) is 5.91 Å². The van der Waals surface area contributed by atoms with E-state index in [1.807, 2.05) is 6.92 Å². The Bertz CT molecular complexity index is 371. The fourth-order valence-corrected chi connectivity index (χ4v) is 1.60. The van der Waals surface area contributed by atoms with Crippen LogP contribution in [-0.4, -0.2) is 19.1 Å². The van der Waals surface area contributed by atoms with Crippen molar-refractivity contribution in [2.24, 2.45) is 0 Å². The first-order valence-electron chi connectivity index (χ1n) is 4.96. The second-order valence-corrected chi connectivity index (χ2v) is 4.39. The van der Waals surface area contributed by atoms with Crippen molar-refractivity contribution in [2.45, 2.75) is 13.3 Å². The maximum atomic E-state index is 11.4. The Hall–Kier alpha value is -0.580. The highest BCUT2D eigenvalue weighted by molar-refractivity contribution is 9.10. The highest BCUT2D eigenvalue weighted by Gasteiger charge is 2.04. The lowest BCUT2D eigenvalue weighted by Crippen LogP contribution is -2.14. The van der Waals surface area contributed by atoms with Crippen molar-refractivity contribution in [1.29, 1.82) is 0 Å². The van der Waals surface area contributed by atoms with Gasteiger partial charge in [0.15, 0.2) is 0 Å². The third kappa shape index (κ3) is 4.51. The van der Waals surface area contributed by atoms with Gasteiger partial charge in [-0.05, 0) is 41.1 Å². The van der Waals surface area contributed by atoms with Crippen molar-refractivity contribution in [1.82, 2.24) is 0 Å². The maximum Gasteiger partial charge on any atom is 0.226 e. The monoisotopic (exact) mass is 305 g/mol. The first-order chi connectivity index (χ1) is 7.63. The first-order valence-corrected chi connectivity index (χ1v) is 6.13. The van der Waals surface area contributed by atoms with Crippen LogP contribution in [0, 0.1) is 0 Å². The normalized spacial score (nSPS) is 10.2. The average Bonchev–Trinajstić information content (AvgIpc) is 2.24. The molecule has 3 nitrogen and oxygen atoms in total. The van der Waals surface area contributed by atoms with Crippen LogP contribution < -0.4 is 5.32 Å². The van der Waals surface area contributed by atoms with E-state index in [1.54, 1.807) is 18.2 Å². The van der Waals surface area contributed by atoms with Gasteiger partial charge in [0.05, 0.1) is 18.1 Å². The highest BCUT2D eigenvalue weighted by atomic mass is 79.9. The molecule has 0 bridgehead atoms. The number of anilines is 1. The van der Waals surface area contributed by atoms with Gasteiger partial charge in [-0.15, -0.1) is 0 Å². The summed E-state index contributed by atoms with van der Waals surface area (Å²) in [6.45, 7) is 2.96. The zero-order chi connectivity index (χ0) is 12.0. The van der Waals surface area contributed by atoms with E-state index in [0.29, 0.717) is 24.7 Å². The van der Waals surface area contributed by atoms with Crippen LogP contribution in [-0.2, 0) is 9.53 Å². The second-order valence-electron chi connectivity index (χ2n) is 3.12. The lowest BCUT2D eigenvalue weighted by atomic mass is 10.3. The van der Waals surface area contributed by atoms with Crippen LogP contribution in [0.1, 0.15) is 13.3 Å². The van der Waals surface area contributed by atoms with E-state index in [4.69, 9.17) is 16.3 Å². The quantitative estimate of drug-likeness (QED) is 0.846. The molecule has 0 aliphatic heterocycles. The van der Waals surface area contributed by atoms with E-state index >= 15 is 0 Å². The van der Waals surface area contributed by atoms with Gasteiger partial charge < -0.3 is 10.1 Å². The Morgan fingerprint density at radius 2 is 2.31 bits per heavy atom. The summed E-state index contributed by atoms with van der Waals surface area (Å²) >= 11 is 9.13. The molecule has 1 aromatic rings. The molecule has 0 atom stereocenters. The molecule has 0 unspecified atom stereocenters. The number of nitrogens with one attached hydrogen (secondary N) is 1. The molecule has 0 saturated heterocycles. The minimum atomic E-state index is -0.0670. The van der Waals surface area contributed by atoms with Gasteiger partial charge in [-0.25, -0.2) is 0 Å². The van der Waals surface area contributed by atoms with Crippen LogP contribution >= 0.6 is 27.5 Å². The molecule has 0 aromatic heterocycles. The minimum absolute atomic E-state index is 0.0670. The Morgan fingerprint density at radius 1 is 1.56 bits per heavy atom. The van der Waals surface area contributed by atoms with Crippen molar-refractivity contribution in [2.75, 3.05) is 18.5 Å². The Kier molecular flexibility index (Phi) is 5.80.